The number of carbonyl (C=O) groups excluding carboxylic acids is 1. The van der Waals surface area contributed by atoms with Crippen LogP contribution < -0.4 is 14.8 Å². The van der Waals surface area contributed by atoms with Crippen molar-refractivity contribution in [3.63, 3.8) is 0 Å². The van der Waals surface area contributed by atoms with E-state index in [1.165, 1.54) is 5.56 Å². The molecule has 0 atom stereocenters. The average molecular weight is 461 g/mol. The van der Waals surface area contributed by atoms with Crippen LogP contribution in [0.2, 0.25) is 0 Å². The van der Waals surface area contributed by atoms with Crippen LogP contribution in [0.15, 0.2) is 40.9 Å². The third kappa shape index (κ3) is 5.73. The molecule has 0 aromatic heterocycles. The van der Waals surface area contributed by atoms with Crippen molar-refractivity contribution in [3.8, 4) is 11.5 Å². The van der Waals surface area contributed by atoms with Gasteiger partial charge in [-0.25, -0.2) is 0 Å². The van der Waals surface area contributed by atoms with Gasteiger partial charge in [-0.3, -0.25) is 4.79 Å². The lowest BCUT2D eigenvalue weighted by Crippen LogP contribution is -2.28. The van der Waals surface area contributed by atoms with E-state index in [4.69, 9.17) is 9.47 Å². The number of benzene rings is 2. The minimum atomic E-state index is 0.285. The summed E-state index contributed by atoms with van der Waals surface area (Å²) in [6.45, 7) is 5.80. The molecule has 2 aromatic rings. The first-order chi connectivity index (χ1) is 14.1. The molecule has 3 rings (SSSR count). The molecule has 1 saturated heterocycles. The normalized spacial score (nSPS) is 13.8. The van der Waals surface area contributed by atoms with Gasteiger partial charge in [0.05, 0.1) is 7.11 Å². The third-order valence-electron chi connectivity index (χ3n) is 5.28. The fourth-order valence-corrected chi connectivity index (χ4v) is 3.99. The first kappa shape index (κ1) is 21.7. The number of halogens is 1. The molecule has 1 N–H and O–H groups in total. The summed E-state index contributed by atoms with van der Waals surface area (Å²) in [5.41, 5.74) is 3.40. The minimum Gasteiger partial charge on any atom is -0.493 e. The van der Waals surface area contributed by atoms with Gasteiger partial charge in [-0.15, -0.1) is 0 Å². The number of carbonyl (C=O) groups is 1. The maximum atomic E-state index is 11.7. The van der Waals surface area contributed by atoms with E-state index < -0.39 is 0 Å². The van der Waals surface area contributed by atoms with Gasteiger partial charge in [-0.1, -0.05) is 40.2 Å². The summed E-state index contributed by atoms with van der Waals surface area (Å²) in [6, 6.07) is 12.1. The summed E-state index contributed by atoms with van der Waals surface area (Å²) < 4.78 is 12.7. The zero-order valence-electron chi connectivity index (χ0n) is 17.2. The number of amides is 1. The molecule has 0 bridgehead atoms. The summed E-state index contributed by atoms with van der Waals surface area (Å²) in [5.74, 6) is 1.76. The Morgan fingerprint density at radius 3 is 2.76 bits per heavy atom. The molecular weight excluding hydrogens is 432 g/mol. The van der Waals surface area contributed by atoms with E-state index in [1.807, 2.05) is 29.2 Å². The Morgan fingerprint density at radius 1 is 1.21 bits per heavy atom. The molecule has 0 aliphatic carbocycles. The molecule has 0 spiro atoms. The van der Waals surface area contributed by atoms with Crippen molar-refractivity contribution in [1.82, 2.24) is 10.2 Å². The molecule has 29 heavy (non-hydrogen) atoms. The van der Waals surface area contributed by atoms with Crippen LogP contribution in [0.25, 0.3) is 0 Å². The second-order valence-electron chi connectivity index (χ2n) is 7.29. The first-order valence-electron chi connectivity index (χ1n) is 10.1. The molecule has 2 aromatic carbocycles. The van der Waals surface area contributed by atoms with Crippen molar-refractivity contribution in [1.29, 1.82) is 0 Å². The van der Waals surface area contributed by atoms with Gasteiger partial charge in [0.1, 0.15) is 6.61 Å². The quantitative estimate of drug-likeness (QED) is 0.532. The summed E-state index contributed by atoms with van der Waals surface area (Å²) in [4.78, 5) is 13.7. The second kappa shape index (κ2) is 10.6. The van der Waals surface area contributed by atoms with Gasteiger partial charge >= 0.3 is 0 Å². The zero-order chi connectivity index (χ0) is 20.6. The Balaban J connectivity index is 1.61. The fourth-order valence-electron chi connectivity index (χ4n) is 3.54. The van der Waals surface area contributed by atoms with E-state index in [0.717, 1.165) is 59.6 Å². The molecule has 6 heteroatoms. The summed E-state index contributed by atoms with van der Waals surface area (Å²) in [7, 11) is 1.66. The number of ether oxygens (including phenoxy) is 2. The molecule has 0 saturated carbocycles. The van der Waals surface area contributed by atoms with E-state index >= 15 is 0 Å². The molecule has 1 aliphatic rings. The number of nitrogens with one attached hydrogen (secondary N) is 1. The number of hydrogen-bond donors (Lipinski definition) is 1. The van der Waals surface area contributed by atoms with E-state index in [9.17, 15) is 4.79 Å². The Kier molecular flexibility index (Phi) is 7.95. The first-order valence-corrected chi connectivity index (χ1v) is 10.9. The van der Waals surface area contributed by atoms with Crippen molar-refractivity contribution in [2.75, 3.05) is 26.7 Å². The largest absolute Gasteiger partial charge is 0.493 e. The van der Waals surface area contributed by atoms with E-state index in [0.29, 0.717) is 19.6 Å². The van der Waals surface area contributed by atoms with Crippen molar-refractivity contribution >= 4 is 21.8 Å². The van der Waals surface area contributed by atoms with Crippen LogP contribution in [-0.2, 0) is 17.9 Å². The predicted octanol–water partition coefficient (Wildman–Crippen LogP) is 4.45. The lowest BCUT2D eigenvalue weighted by Gasteiger charge is -2.18. The molecule has 156 valence electrons. The number of likely N-dealkylation sites (tertiary alicyclic amines) is 1. The Morgan fingerprint density at radius 2 is 2.03 bits per heavy atom. The standard InChI is InChI=1S/C23H29BrN2O3/c1-17-7-3-4-8-18(17)16-29-23-19(20(24)10-11-21(23)28-2)15-25-12-6-14-26-13-5-9-22(26)27/h3-4,7-8,10-11,25H,5-6,9,12-16H2,1-2H3. The Hall–Kier alpha value is -2.05. The van der Waals surface area contributed by atoms with Gasteiger partial charge in [0.2, 0.25) is 5.91 Å². The summed E-state index contributed by atoms with van der Waals surface area (Å²) in [6.07, 6.45) is 2.63. The van der Waals surface area contributed by atoms with Crippen LogP contribution in [0.1, 0.15) is 36.0 Å². The van der Waals surface area contributed by atoms with Crippen LogP contribution in [-0.4, -0.2) is 37.6 Å². The highest BCUT2D eigenvalue weighted by Gasteiger charge is 2.19. The van der Waals surface area contributed by atoms with Gasteiger partial charge in [0, 0.05) is 36.1 Å². The smallest absolute Gasteiger partial charge is 0.222 e. The number of hydrogen-bond acceptors (Lipinski definition) is 4. The average Bonchev–Trinajstić information content (AvgIpc) is 3.13. The van der Waals surface area contributed by atoms with Crippen LogP contribution in [0, 0.1) is 6.92 Å². The van der Waals surface area contributed by atoms with Crippen molar-refractivity contribution in [3.05, 3.63) is 57.6 Å². The lowest BCUT2D eigenvalue weighted by molar-refractivity contribution is -0.127. The van der Waals surface area contributed by atoms with Crippen LogP contribution >= 0.6 is 15.9 Å². The predicted molar refractivity (Wildman–Crippen MR) is 118 cm³/mol. The summed E-state index contributed by atoms with van der Waals surface area (Å²) in [5, 5.41) is 3.48. The molecule has 5 nitrogen and oxygen atoms in total. The highest BCUT2D eigenvalue weighted by molar-refractivity contribution is 9.10. The number of aryl methyl sites for hydroxylation is 1. The highest BCUT2D eigenvalue weighted by Crippen LogP contribution is 2.37. The topological polar surface area (TPSA) is 50.8 Å². The van der Waals surface area contributed by atoms with Gasteiger partial charge in [0.25, 0.3) is 0 Å². The SMILES string of the molecule is COc1ccc(Br)c(CNCCCN2CCCC2=O)c1OCc1ccccc1C. The van der Waals surface area contributed by atoms with Crippen molar-refractivity contribution < 1.29 is 14.3 Å². The summed E-state index contributed by atoms with van der Waals surface area (Å²) >= 11 is 3.65. The lowest BCUT2D eigenvalue weighted by atomic mass is 10.1. The van der Waals surface area contributed by atoms with Crippen LogP contribution in [0.5, 0.6) is 11.5 Å². The Labute approximate surface area is 181 Å². The van der Waals surface area contributed by atoms with Crippen molar-refractivity contribution in [2.24, 2.45) is 0 Å². The minimum absolute atomic E-state index is 0.285. The molecule has 1 fully saturated rings. The monoisotopic (exact) mass is 460 g/mol. The van der Waals surface area contributed by atoms with Crippen molar-refractivity contribution in [2.45, 2.75) is 39.3 Å². The van der Waals surface area contributed by atoms with Gasteiger partial charge in [-0.2, -0.15) is 0 Å². The second-order valence-corrected chi connectivity index (χ2v) is 8.14. The van der Waals surface area contributed by atoms with E-state index in [2.05, 4.69) is 40.3 Å². The number of rotatable bonds is 10. The van der Waals surface area contributed by atoms with Gasteiger partial charge in [0.15, 0.2) is 11.5 Å². The Bertz CT molecular complexity index is 841. The highest BCUT2D eigenvalue weighted by atomic mass is 79.9. The number of methoxy groups -OCH3 is 1. The molecular formula is C23H29BrN2O3. The van der Waals surface area contributed by atoms with E-state index in [-0.39, 0.29) is 5.91 Å². The van der Waals surface area contributed by atoms with Gasteiger partial charge in [-0.05, 0) is 49.6 Å². The molecule has 1 heterocycles. The maximum Gasteiger partial charge on any atom is 0.222 e. The van der Waals surface area contributed by atoms with Crippen LogP contribution in [0.4, 0.5) is 0 Å². The van der Waals surface area contributed by atoms with E-state index in [1.54, 1.807) is 7.11 Å². The number of nitrogens with zero attached hydrogens (tertiary/aromatic N) is 1. The molecule has 1 aliphatic heterocycles. The maximum absolute atomic E-state index is 11.7. The van der Waals surface area contributed by atoms with Gasteiger partial charge < -0.3 is 19.7 Å². The zero-order valence-corrected chi connectivity index (χ0v) is 18.8. The molecule has 1 amide bonds. The third-order valence-corrected chi connectivity index (χ3v) is 6.02. The molecule has 0 radical (unpaired) electrons. The van der Waals surface area contributed by atoms with Crippen LogP contribution in [0.3, 0.4) is 0 Å². The fraction of sp³-hybridized carbons (Fsp3) is 0.435. The molecule has 0 unspecified atom stereocenters.